The number of aliphatic hydroxyl groups is 1. The van der Waals surface area contributed by atoms with Gasteiger partial charge in [0, 0.05) is 12.6 Å². The number of nitrogen functional groups attached to an aromatic ring is 1. The van der Waals surface area contributed by atoms with Crippen LogP contribution in [0.3, 0.4) is 0 Å². The molecule has 0 unspecified atom stereocenters. The van der Waals surface area contributed by atoms with Gasteiger partial charge in [-0.05, 0) is 34.8 Å². The predicted octanol–water partition coefficient (Wildman–Crippen LogP) is 3.28. The second-order valence-corrected chi connectivity index (χ2v) is 5.85. The highest BCUT2D eigenvalue weighted by Gasteiger charge is 2.28. The molecule has 1 saturated carbocycles. The fourth-order valence-electron chi connectivity index (χ4n) is 2.36. The average Bonchev–Trinajstić information content (AvgIpc) is 2.33. The van der Waals surface area contributed by atoms with Crippen LogP contribution in [0.5, 0.6) is 0 Å². The Morgan fingerprint density at radius 2 is 2.00 bits per heavy atom. The van der Waals surface area contributed by atoms with Crippen molar-refractivity contribution in [1.29, 1.82) is 0 Å². The molecule has 1 aromatic carbocycles. The topological polar surface area (TPSA) is 58.3 Å². The highest BCUT2D eigenvalue weighted by Crippen LogP contribution is 2.31. The Balaban J connectivity index is 2.03. The number of hydrogen-bond acceptors (Lipinski definition) is 3. The zero-order chi connectivity index (χ0) is 13.2. The molecule has 2 rings (SSSR count). The van der Waals surface area contributed by atoms with Crippen LogP contribution in [0.25, 0.3) is 0 Å². The van der Waals surface area contributed by atoms with Crippen LogP contribution in [0.2, 0.25) is 0 Å². The maximum absolute atomic E-state index is 13.2. The third kappa shape index (κ3) is 3.14. The maximum Gasteiger partial charge on any atom is 0.139 e. The van der Waals surface area contributed by atoms with Crippen molar-refractivity contribution in [3.63, 3.8) is 0 Å². The van der Waals surface area contributed by atoms with Crippen LogP contribution in [0, 0.1) is 5.82 Å². The van der Waals surface area contributed by atoms with Crippen molar-refractivity contribution in [3.8, 4) is 0 Å². The molecular formula is C13H18BrFN2O. The van der Waals surface area contributed by atoms with Crippen molar-refractivity contribution in [2.75, 3.05) is 17.6 Å². The third-order valence-electron chi connectivity index (χ3n) is 3.48. The summed E-state index contributed by atoms with van der Waals surface area (Å²) in [6.07, 6.45) is 4.92. The minimum absolute atomic E-state index is 0.357. The normalized spacial score (nSPS) is 18.6. The second kappa shape index (κ2) is 5.45. The number of halogens is 2. The minimum Gasteiger partial charge on any atom is -0.397 e. The summed E-state index contributed by atoms with van der Waals surface area (Å²) in [5.41, 5.74) is 6.09. The summed E-state index contributed by atoms with van der Waals surface area (Å²) in [6.45, 7) is 0.454. The number of rotatable bonds is 3. The summed E-state index contributed by atoms with van der Waals surface area (Å²) < 4.78 is 13.6. The van der Waals surface area contributed by atoms with Crippen LogP contribution in [0.1, 0.15) is 32.1 Å². The smallest absolute Gasteiger partial charge is 0.139 e. The Bertz CT molecular complexity index is 433. The van der Waals surface area contributed by atoms with Gasteiger partial charge in [-0.2, -0.15) is 0 Å². The van der Waals surface area contributed by atoms with Gasteiger partial charge in [0.2, 0.25) is 0 Å². The SMILES string of the molecule is Nc1cc(F)c(Br)cc1NCC1(O)CCCCC1. The van der Waals surface area contributed by atoms with E-state index in [4.69, 9.17) is 5.73 Å². The monoisotopic (exact) mass is 316 g/mol. The number of hydrogen-bond donors (Lipinski definition) is 3. The van der Waals surface area contributed by atoms with Gasteiger partial charge in [-0.25, -0.2) is 4.39 Å². The van der Waals surface area contributed by atoms with Gasteiger partial charge in [-0.3, -0.25) is 0 Å². The predicted molar refractivity (Wildman–Crippen MR) is 75.0 cm³/mol. The Morgan fingerprint density at radius 3 is 2.67 bits per heavy atom. The summed E-state index contributed by atoms with van der Waals surface area (Å²) in [5.74, 6) is -0.380. The van der Waals surface area contributed by atoms with Crippen molar-refractivity contribution in [3.05, 3.63) is 22.4 Å². The van der Waals surface area contributed by atoms with Crippen molar-refractivity contribution in [1.82, 2.24) is 0 Å². The van der Waals surface area contributed by atoms with E-state index in [1.807, 2.05) is 0 Å². The fraction of sp³-hybridized carbons (Fsp3) is 0.538. The van der Waals surface area contributed by atoms with Crippen LogP contribution >= 0.6 is 15.9 Å². The number of nitrogens with two attached hydrogens (primary N) is 1. The lowest BCUT2D eigenvalue weighted by molar-refractivity contribution is 0.0167. The molecule has 5 heteroatoms. The van der Waals surface area contributed by atoms with Crippen molar-refractivity contribution in [2.45, 2.75) is 37.7 Å². The Morgan fingerprint density at radius 1 is 1.33 bits per heavy atom. The lowest BCUT2D eigenvalue weighted by Gasteiger charge is -2.32. The van der Waals surface area contributed by atoms with Gasteiger partial charge < -0.3 is 16.2 Å². The standard InChI is InChI=1S/C13H18BrFN2O/c14-9-6-12(11(16)7-10(9)15)17-8-13(18)4-2-1-3-5-13/h6-7,17-18H,1-5,8,16H2. The van der Waals surface area contributed by atoms with E-state index in [1.54, 1.807) is 6.07 Å². The van der Waals surface area contributed by atoms with E-state index in [9.17, 15) is 9.50 Å². The summed E-state index contributed by atoms with van der Waals surface area (Å²) in [5, 5.41) is 13.5. The number of benzene rings is 1. The van der Waals surface area contributed by atoms with E-state index in [-0.39, 0.29) is 5.82 Å². The molecule has 0 radical (unpaired) electrons. The molecule has 1 fully saturated rings. The van der Waals surface area contributed by atoms with Crippen molar-refractivity contribution >= 4 is 27.3 Å². The Labute approximate surface area is 115 Å². The highest BCUT2D eigenvalue weighted by atomic mass is 79.9. The Hall–Kier alpha value is -0.810. The molecule has 0 saturated heterocycles. The summed E-state index contributed by atoms with van der Waals surface area (Å²) >= 11 is 3.13. The van der Waals surface area contributed by atoms with Gasteiger partial charge in [0.15, 0.2) is 0 Å². The summed E-state index contributed by atoms with van der Waals surface area (Å²) in [4.78, 5) is 0. The molecule has 0 heterocycles. The molecule has 100 valence electrons. The fourth-order valence-corrected chi connectivity index (χ4v) is 2.71. The van der Waals surface area contributed by atoms with Crippen LogP contribution in [-0.2, 0) is 0 Å². The molecule has 3 nitrogen and oxygen atoms in total. The zero-order valence-corrected chi connectivity index (χ0v) is 11.8. The largest absolute Gasteiger partial charge is 0.397 e. The van der Waals surface area contributed by atoms with Crippen LogP contribution in [-0.4, -0.2) is 17.3 Å². The van der Waals surface area contributed by atoms with Crippen molar-refractivity contribution < 1.29 is 9.50 Å². The molecule has 0 aliphatic heterocycles. The second-order valence-electron chi connectivity index (χ2n) is 4.99. The van der Waals surface area contributed by atoms with Gasteiger partial charge in [0.05, 0.1) is 21.4 Å². The molecular weight excluding hydrogens is 299 g/mol. The molecule has 1 aliphatic carbocycles. The first-order valence-corrected chi connectivity index (χ1v) is 7.00. The van der Waals surface area contributed by atoms with E-state index in [0.29, 0.717) is 22.4 Å². The molecule has 1 aromatic rings. The maximum atomic E-state index is 13.2. The van der Waals surface area contributed by atoms with Gasteiger partial charge in [-0.1, -0.05) is 19.3 Å². The van der Waals surface area contributed by atoms with Gasteiger partial charge in [-0.15, -0.1) is 0 Å². The van der Waals surface area contributed by atoms with Gasteiger partial charge in [0.25, 0.3) is 0 Å². The Kier molecular flexibility index (Phi) is 4.12. The van der Waals surface area contributed by atoms with E-state index in [0.717, 1.165) is 25.7 Å². The van der Waals surface area contributed by atoms with E-state index >= 15 is 0 Å². The molecule has 4 N–H and O–H groups in total. The summed E-state index contributed by atoms with van der Waals surface area (Å²) in [6, 6.07) is 2.88. The first kappa shape index (κ1) is 13.6. The molecule has 0 amide bonds. The van der Waals surface area contributed by atoms with E-state index < -0.39 is 5.60 Å². The zero-order valence-electron chi connectivity index (χ0n) is 10.2. The minimum atomic E-state index is -0.661. The lowest BCUT2D eigenvalue weighted by atomic mass is 9.85. The number of anilines is 2. The first-order chi connectivity index (χ1) is 8.50. The van der Waals surface area contributed by atoms with Crippen LogP contribution < -0.4 is 11.1 Å². The molecule has 18 heavy (non-hydrogen) atoms. The summed E-state index contributed by atoms with van der Waals surface area (Å²) in [7, 11) is 0. The van der Waals surface area contributed by atoms with Gasteiger partial charge in [0.1, 0.15) is 5.82 Å². The lowest BCUT2D eigenvalue weighted by Crippen LogP contribution is -2.38. The highest BCUT2D eigenvalue weighted by molar-refractivity contribution is 9.10. The van der Waals surface area contributed by atoms with Crippen LogP contribution in [0.15, 0.2) is 16.6 Å². The third-order valence-corrected chi connectivity index (χ3v) is 4.09. The van der Waals surface area contributed by atoms with Crippen LogP contribution in [0.4, 0.5) is 15.8 Å². The molecule has 0 bridgehead atoms. The van der Waals surface area contributed by atoms with E-state index in [1.165, 1.54) is 12.5 Å². The van der Waals surface area contributed by atoms with Crippen molar-refractivity contribution in [2.24, 2.45) is 0 Å². The van der Waals surface area contributed by atoms with E-state index in [2.05, 4.69) is 21.2 Å². The molecule has 0 aromatic heterocycles. The molecule has 1 aliphatic rings. The molecule has 0 spiro atoms. The molecule has 0 atom stereocenters. The number of nitrogens with one attached hydrogen (secondary N) is 1. The first-order valence-electron chi connectivity index (χ1n) is 6.21. The quantitative estimate of drug-likeness (QED) is 0.750. The average molecular weight is 317 g/mol. The van der Waals surface area contributed by atoms with Gasteiger partial charge >= 0.3 is 0 Å².